The highest BCUT2D eigenvalue weighted by Crippen LogP contribution is 2.27. The second-order valence-corrected chi connectivity index (χ2v) is 5.04. The van der Waals surface area contributed by atoms with Crippen LogP contribution in [0.1, 0.15) is 36.2 Å². The van der Waals surface area contributed by atoms with Gasteiger partial charge in [0.2, 0.25) is 0 Å². The Morgan fingerprint density at radius 3 is 2.75 bits per heavy atom. The third-order valence-electron chi connectivity index (χ3n) is 3.54. The average molecular weight is 273 g/mol. The smallest absolute Gasteiger partial charge is 0.119 e. The number of nitrogens with zero attached hydrogens (tertiary/aromatic N) is 2. The summed E-state index contributed by atoms with van der Waals surface area (Å²) in [5.41, 5.74) is 3.66. The molecule has 0 aliphatic heterocycles. The first-order valence-electron chi connectivity index (χ1n) is 7.01. The molecular weight excluding hydrogens is 250 g/mol. The lowest BCUT2D eigenvalue weighted by Gasteiger charge is -2.21. The third kappa shape index (κ3) is 3.02. The van der Waals surface area contributed by atoms with Crippen molar-refractivity contribution in [3.05, 3.63) is 47.5 Å². The van der Waals surface area contributed by atoms with E-state index >= 15 is 0 Å². The van der Waals surface area contributed by atoms with E-state index in [0.29, 0.717) is 0 Å². The van der Waals surface area contributed by atoms with Crippen molar-refractivity contribution >= 4 is 0 Å². The number of nitrogens with one attached hydrogen (secondary N) is 1. The molecule has 0 aliphatic carbocycles. The SMILES string of the molecule is CCCNC(c1ccc(OC)cc1C)c1cncn1C. The highest BCUT2D eigenvalue weighted by atomic mass is 16.5. The number of aromatic nitrogens is 2. The van der Waals surface area contributed by atoms with Gasteiger partial charge in [-0.3, -0.25) is 0 Å². The van der Waals surface area contributed by atoms with Crippen LogP contribution in [-0.4, -0.2) is 23.2 Å². The highest BCUT2D eigenvalue weighted by Gasteiger charge is 2.18. The van der Waals surface area contributed by atoms with Crippen LogP contribution in [-0.2, 0) is 7.05 Å². The van der Waals surface area contributed by atoms with Crippen LogP contribution in [0.25, 0.3) is 0 Å². The first-order chi connectivity index (χ1) is 9.67. The Morgan fingerprint density at radius 2 is 2.20 bits per heavy atom. The number of methoxy groups -OCH3 is 1. The molecule has 0 spiro atoms. The summed E-state index contributed by atoms with van der Waals surface area (Å²) in [6.07, 6.45) is 4.87. The Labute approximate surface area is 120 Å². The molecule has 0 fully saturated rings. The fourth-order valence-corrected chi connectivity index (χ4v) is 2.41. The Bertz CT molecular complexity index is 563. The molecule has 4 heteroatoms. The van der Waals surface area contributed by atoms with Gasteiger partial charge in [0, 0.05) is 7.05 Å². The molecule has 0 saturated carbocycles. The predicted octanol–water partition coefficient (Wildman–Crippen LogP) is 2.83. The lowest BCUT2D eigenvalue weighted by atomic mass is 9.98. The van der Waals surface area contributed by atoms with Gasteiger partial charge in [0.05, 0.1) is 31.4 Å². The van der Waals surface area contributed by atoms with Gasteiger partial charge in [-0.15, -0.1) is 0 Å². The zero-order valence-electron chi connectivity index (χ0n) is 12.7. The van der Waals surface area contributed by atoms with E-state index in [2.05, 4.69) is 40.8 Å². The van der Waals surface area contributed by atoms with E-state index in [1.807, 2.05) is 25.6 Å². The number of hydrogen-bond acceptors (Lipinski definition) is 3. The monoisotopic (exact) mass is 273 g/mol. The molecule has 4 nitrogen and oxygen atoms in total. The summed E-state index contributed by atoms with van der Waals surface area (Å²) in [5.74, 6) is 0.894. The van der Waals surface area contributed by atoms with E-state index in [1.165, 1.54) is 16.8 Å². The predicted molar refractivity (Wildman–Crippen MR) is 81.1 cm³/mol. The lowest BCUT2D eigenvalue weighted by molar-refractivity contribution is 0.414. The number of hydrogen-bond donors (Lipinski definition) is 1. The molecule has 0 amide bonds. The Hall–Kier alpha value is -1.81. The quantitative estimate of drug-likeness (QED) is 0.879. The molecule has 1 aromatic carbocycles. The molecular formula is C16H23N3O. The van der Waals surface area contributed by atoms with Crippen LogP contribution in [0, 0.1) is 6.92 Å². The molecule has 0 saturated heterocycles. The molecule has 0 radical (unpaired) electrons. The van der Waals surface area contributed by atoms with Gasteiger partial charge in [0.1, 0.15) is 5.75 Å². The molecule has 1 heterocycles. The summed E-state index contributed by atoms with van der Waals surface area (Å²) in [7, 11) is 3.73. The zero-order chi connectivity index (χ0) is 14.5. The van der Waals surface area contributed by atoms with Crippen molar-refractivity contribution in [1.82, 2.24) is 14.9 Å². The molecule has 1 aromatic heterocycles. The number of imidazole rings is 1. The highest BCUT2D eigenvalue weighted by molar-refractivity contribution is 5.39. The van der Waals surface area contributed by atoms with Gasteiger partial charge in [0.25, 0.3) is 0 Å². The number of ether oxygens (including phenoxy) is 1. The maximum Gasteiger partial charge on any atom is 0.119 e. The van der Waals surface area contributed by atoms with Crippen LogP contribution in [0.4, 0.5) is 0 Å². The summed E-state index contributed by atoms with van der Waals surface area (Å²) >= 11 is 0. The van der Waals surface area contributed by atoms with E-state index in [4.69, 9.17) is 4.74 Å². The molecule has 0 bridgehead atoms. The van der Waals surface area contributed by atoms with Gasteiger partial charge in [-0.1, -0.05) is 13.0 Å². The summed E-state index contributed by atoms with van der Waals surface area (Å²) in [6.45, 7) is 5.27. The zero-order valence-corrected chi connectivity index (χ0v) is 12.7. The summed E-state index contributed by atoms with van der Waals surface area (Å²) in [4.78, 5) is 4.24. The maximum absolute atomic E-state index is 5.29. The molecule has 0 aliphatic rings. The van der Waals surface area contributed by atoms with E-state index in [1.54, 1.807) is 7.11 Å². The van der Waals surface area contributed by atoms with Crippen molar-refractivity contribution in [2.75, 3.05) is 13.7 Å². The van der Waals surface area contributed by atoms with Crippen LogP contribution < -0.4 is 10.1 Å². The van der Waals surface area contributed by atoms with Crippen molar-refractivity contribution < 1.29 is 4.74 Å². The molecule has 2 rings (SSSR count). The first-order valence-corrected chi connectivity index (χ1v) is 7.01. The fourth-order valence-electron chi connectivity index (χ4n) is 2.41. The van der Waals surface area contributed by atoms with Crippen molar-refractivity contribution in [3.8, 4) is 5.75 Å². The van der Waals surface area contributed by atoms with Gasteiger partial charge in [-0.2, -0.15) is 0 Å². The maximum atomic E-state index is 5.29. The summed E-state index contributed by atoms with van der Waals surface area (Å²) in [6, 6.07) is 6.38. The lowest BCUT2D eigenvalue weighted by Crippen LogP contribution is -2.25. The minimum atomic E-state index is 0.161. The largest absolute Gasteiger partial charge is 0.497 e. The third-order valence-corrected chi connectivity index (χ3v) is 3.54. The average Bonchev–Trinajstić information content (AvgIpc) is 2.87. The molecule has 1 unspecified atom stereocenters. The number of benzene rings is 1. The van der Waals surface area contributed by atoms with Crippen LogP contribution in [0.2, 0.25) is 0 Å². The van der Waals surface area contributed by atoms with E-state index < -0.39 is 0 Å². The second kappa shape index (κ2) is 6.57. The Morgan fingerprint density at radius 1 is 1.40 bits per heavy atom. The van der Waals surface area contributed by atoms with E-state index in [0.717, 1.165) is 18.7 Å². The topological polar surface area (TPSA) is 39.1 Å². The van der Waals surface area contributed by atoms with Crippen molar-refractivity contribution in [3.63, 3.8) is 0 Å². The van der Waals surface area contributed by atoms with Crippen molar-refractivity contribution in [1.29, 1.82) is 0 Å². The summed E-state index contributed by atoms with van der Waals surface area (Å²) < 4.78 is 7.35. The molecule has 1 N–H and O–H groups in total. The van der Waals surface area contributed by atoms with Gasteiger partial charge in [0.15, 0.2) is 0 Å². The minimum Gasteiger partial charge on any atom is -0.497 e. The van der Waals surface area contributed by atoms with Crippen LogP contribution >= 0.6 is 0 Å². The summed E-state index contributed by atoms with van der Waals surface area (Å²) in [5, 5.41) is 3.61. The van der Waals surface area contributed by atoms with Crippen LogP contribution in [0.3, 0.4) is 0 Å². The number of aryl methyl sites for hydroxylation is 2. The normalized spacial score (nSPS) is 12.4. The standard InChI is InChI=1S/C16H23N3O/c1-5-8-18-16(15-10-17-11-19(15)3)14-7-6-13(20-4)9-12(14)2/h6-7,9-11,16,18H,5,8H2,1-4H3. The molecule has 20 heavy (non-hydrogen) atoms. The van der Waals surface area contributed by atoms with Gasteiger partial charge >= 0.3 is 0 Å². The Balaban J connectivity index is 2.38. The van der Waals surface area contributed by atoms with Crippen LogP contribution in [0.5, 0.6) is 5.75 Å². The van der Waals surface area contributed by atoms with Gasteiger partial charge < -0.3 is 14.6 Å². The first kappa shape index (κ1) is 14.6. The Kier molecular flexibility index (Phi) is 4.79. The molecule has 2 aromatic rings. The van der Waals surface area contributed by atoms with E-state index in [9.17, 15) is 0 Å². The van der Waals surface area contributed by atoms with E-state index in [-0.39, 0.29) is 6.04 Å². The van der Waals surface area contributed by atoms with Crippen molar-refractivity contribution in [2.24, 2.45) is 7.05 Å². The second-order valence-electron chi connectivity index (χ2n) is 5.04. The molecule has 1 atom stereocenters. The van der Waals surface area contributed by atoms with Gasteiger partial charge in [-0.05, 0) is 43.1 Å². The molecule has 108 valence electrons. The van der Waals surface area contributed by atoms with Gasteiger partial charge in [-0.25, -0.2) is 4.98 Å². The number of rotatable bonds is 6. The van der Waals surface area contributed by atoms with Crippen molar-refractivity contribution in [2.45, 2.75) is 26.3 Å². The minimum absolute atomic E-state index is 0.161. The fraction of sp³-hybridized carbons (Fsp3) is 0.438. The van der Waals surface area contributed by atoms with Crippen LogP contribution in [0.15, 0.2) is 30.7 Å².